The maximum absolute atomic E-state index is 4.33. The molecule has 120 valence electrons. The second-order valence-corrected chi connectivity index (χ2v) is 6.01. The fourth-order valence-electron chi connectivity index (χ4n) is 2.86. The van der Waals surface area contributed by atoms with Gasteiger partial charge < -0.3 is 4.57 Å². The lowest BCUT2D eigenvalue weighted by Crippen LogP contribution is -2.16. The smallest absolute Gasteiger partial charge is 0.278 e. The molecule has 0 aliphatic heterocycles. The lowest BCUT2D eigenvalue weighted by atomic mass is 9.98. The summed E-state index contributed by atoms with van der Waals surface area (Å²) in [5.74, 6) is 0.635. The lowest BCUT2D eigenvalue weighted by molar-refractivity contribution is 0.802. The first kappa shape index (κ1) is 15.4. The average Bonchev–Trinajstić information content (AvgIpc) is 3.24. The van der Waals surface area contributed by atoms with Crippen molar-refractivity contribution in [1.82, 2.24) is 29.7 Å². The van der Waals surface area contributed by atoms with Crippen LogP contribution in [-0.4, -0.2) is 45.5 Å². The Bertz CT molecular complexity index is 1010. The summed E-state index contributed by atoms with van der Waals surface area (Å²) in [5, 5.41) is 12.4. The first-order valence-electron chi connectivity index (χ1n) is 8.10. The van der Waals surface area contributed by atoms with Gasteiger partial charge in [0.25, 0.3) is 7.98 Å². The predicted octanol–water partition coefficient (Wildman–Crippen LogP) is -0.0935. The van der Waals surface area contributed by atoms with Gasteiger partial charge in [-0.25, -0.2) is 9.69 Å². The Morgan fingerprint density at radius 1 is 0.960 bits per heavy atom. The molecule has 0 bridgehead atoms. The summed E-state index contributed by atoms with van der Waals surface area (Å²) in [5.41, 5.74) is 5.60. The molecule has 0 unspecified atom stereocenters. The van der Waals surface area contributed by atoms with E-state index in [1.165, 1.54) is 10.3 Å². The first-order valence-corrected chi connectivity index (χ1v) is 8.10. The van der Waals surface area contributed by atoms with Crippen LogP contribution in [0.5, 0.6) is 0 Å². The molecule has 6 nitrogen and oxygen atoms in total. The Morgan fingerprint density at radius 3 is 2.36 bits per heavy atom. The highest BCUT2D eigenvalue weighted by Gasteiger charge is 2.11. The van der Waals surface area contributed by atoms with Crippen LogP contribution < -0.4 is 5.59 Å². The van der Waals surface area contributed by atoms with Crippen molar-refractivity contribution in [2.24, 2.45) is 0 Å². The number of rotatable bonds is 4. The van der Waals surface area contributed by atoms with Gasteiger partial charge in [0.15, 0.2) is 7.85 Å². The predicted molar refractivity (Wildman–Crippen MR) is 102 cm³/mol. The van der Waals surface area contributed by atoms with Crippen LogP contribution in [0.1, 0.15) is 5.56 Å². The molecule has 2 aromatic carbocycles. The number of nitrogens with zero attached hydrogens (tertiary/aromatic N) is 6. The highest BCUT2D eigenvalue weighted by Crippen LogP contribution is 2.29. The normalized spacial score (nSPS) is 10.9. The number of hydrogen-bond acceptors (Lipinski definition) is 4. The highest BCUT2D eigenvalue weighted by atomic mass is 15.5. The van der Waals surface area contributed by atoms with Crippen molar-refractivity contribution < 1.29 is 0 Å². The van der Waals surface area contributed by atoms with E-state index in [1.807, 2.05) is 30.7 Å². The Balaban J connectivity index is 1.66. The molecule has 0 fully saturated rings. The Labute approximate surface area is 147 Å². The van der Waals surface area contributed by atoms with Crippen molar-refractivity contribution >= 4 is 21.4 Å². The van der Waals surface area contributed by atoms with Crippen LogP contribution in [-0.2, 0) is 6.54 Å². The summed E-state index contributed by atoms with van der Waals surface area (Å²) in [6, 6.07) is 16.7. The van der Waals surface area contributed by atoms with Gasteiger partial charge in [0.1, 0.15) is 0 Å². The fraction of sp³-hybridized carbons (Fsp3) is 0.0588. The van der Waals surface area contributed by atoms with E-state index >= 15 is 0 Å². The van der Waals surface area contributed by atoms with E-state index in [1.54, 1.807) is 7.98 Å². The van der Waals surface area contributed by atoms with Crippen molar-refractivity contribution in [3.63, 3.8) is 0 Å². The largest absolute Gasteiger partial charge is 0.340 e. The van der Waals surface area contributed by atoms with Gasteiger partial charge in [-0.2, -0.15) is 0 Å². The van der Waals surface area contributed by atoms with Crippen LogP contribution in [0.25, 0.3) is 22.5 Å². The third-order valence-electron chi connectivity index (χ3n) is 4.21. The van der Waals surface area contributed by atoms with Crippen LogP contribution in [0.4, 0.5) is 0 Å². The van der Waals surface area contributed by atoms with Crippen LogP contribution in [0.15, 0.2) is 61.1 Å². The number of benzene rings is 2. The molecule has 2 aromatic heterocycles. The average molecular weight is 326 g/mol. The molecule has 0 radical (unpaired) electrons. The number of hydrogen-bond donors (Lipinski definition) is 0. The van der Waals surface area contributed by atoms with Gasteiger partial charge >= 0.3 is 0 Å². The van der Waals surface area contributed by atoms with E-state index in [4.69, 9.17) is 0 Å². The molecule has 4 rings (SSSR count). The van der Waals surface area contributed by atoms with E-state index in [0.29, 0.717) is 5.82 Å². The molecule has 25 heavy (non-hydrogen) atoms. The third kappa shape index (κ3) is 3.10. The summed E-state index contributed by atoms with van der Waals surface area (Å²) in [4.78, 5) is 4.17. The molecule has 4 aromatic rings. The zero-order chi connectivity index (χ0) is 17.2. The van der Waals surface area contributed by atoms with Crippen molar-refractivity contribution in [2.75, 3.05) is 0 Å². The second-order valence-electron chi connectivity index (χ2n) is 6.01. The topological polar surface area (TPSA) is 61.4 Å². The standard InChI is InChI=1S/C17H16B2N6/c18-16-9-20-11-24(16)10-12-5-7-13(8-6-12)14-3-1-2-4-15(14)17-21-23-25(19)22-17/h1-9,11H,10,18-19H2. The fourth-order valence-corrected chi connectivity index (χ4v) is 2.86. The SMILES string of the molecule is Bc1cncn1Cc1ccc(-c2ccccc2-c2nnn(B)n2)cc1. The Hall–Kier alpha value is -3.15. The van der Waals surface area contributed by atoms with Crippen molar-refractivity contribution in [1.29, 1.82) is 0 Å². The summed E-state index contributed by atoms with van der Waals surface area (Å²) in [6.45, 7) is 0.819. The van der Waals surface area contributed by atoms with E-state index in [-0.39, 0.29) is 0 Å². The molecule has 2 heterocycles. The molecule has 0 saturated carbocycles. The van der Waals surface area contributed by atoms with E-state index in [0.717, 1.165) is 28.8 Å². The summed E-state index contributed by atoms with van der Waals surface area (Å²) in [6.07, 6.45) is 3.73. The molecule has 0 N–H and O–H groups in total. The van der Waals surface area contributed by atoms with Crippen LogP contribution in [0, 0.1) is 0 Å². The minimum atomic E-state index is 0.635. The van der Waals surface area contributed by atoms with Gasteiger partial charge in [0, 0.05) is 18.3 Å². The number of tetrazole rings is 1. The zero-order valence-electron chi connectivity index (χ0n) is 14.2. The highest BCUT2D eigenvalue weighted by molar-refractivity contribution is 6.30. The van der Waals surface area contributed by atoms with Crippen LogP contribution in [0.3, 0.4) is 0 Å². The van der Waals surface area contributed by atoms with Crippen LogP contribution >= 0.6 is 0 Å². The van der Waals surface area contributed by atoms with Crippen LogP contribution in [0.2, 0.25) is 0 Å². The minimum absolute atomic E-state index is 0.635. The molecule has 0 saturated heterocycles. The molecule has 0 atom stereocenters. The quantitative estimate of drug-likeness (QED) is 0.492. The molecule has 0 aliphatic rings. The van der Waals surface area contributed by atoms with Gasteiger partial charge in [-0.15, -0.1) is 10.2 Å². The third-order valence-corrected chi connectivity index (χ3v) is 4.21. The maximum Gasteiger partial charge on any atom is 0.278 e. The van der Waals surface area contributed by atoms with Gasteiger partial charge in [-0.3, -0.25) is 0 Å². The monoisotopic (exact) mass is 326 g/mol. The maximum atomic E-state index is 4.33. The van der Waals surface area contributed by atoms with Crippen molar-refractivity contribution in [2.45, 2.75) is 6.54 Å². The first-order chi connectivity index (χ1) is 12.2. The van der Waals surface area contributed by atoms with Gasteiger partial charge in [0.05, 0.1) is 6.33 Å². The molecular weight excluding hydrogens is 310 g/mol. The Kier molecular flexibility index (Phi) is 3.93. The summed E-state index contributed by atoms with van der Waals surface area (Å²) < 4.78 is 3.61. The van der Waals surface area contributed by atoms with Crippen molar-refractivity contribution in [3.05, 3.63) is 66.6 Å². The number of imidazole rings is 1. The van der Waals surface area contributed by atoms with E-state index < -0.39 is 0 Å². The molecule has 0 amide bonds. The van der Waals surface area contributed by atoms with Gasteiger partial charge in [-0.1, -0.05) is 53.7 Å². The van der Waals surface area contributed by atoms with E-state index in [2.05, 4.69) is 63.1 Å². The Morgan fingerprint density at radius 2 is 1.72 bits per heavy atom. The number of aromatic nitrogens is 6. The second kappa shape index (κ2) is 6.39. The van der Waals surface area contributed by atoms with Gasteiger partial charge in [-0.05, 0) is 22.3 Å². The summed E-state index contributed by atoms with van der Waals surface area (Å²) in [7, 11) is 3.83. The molecule has 0 aliphatic carbocycles. The lowest BCUT2D eigenvalue weighted by Gasteiger charge is -2.09. The van der Waals surface area contributed by atoms with Crippen molar-refractivity contribution in [3.8, 4) is 22.5 Å². The van der Waals surface area contributed by atoms with E-state index in [9.17, 15) is 0 Å². The molecule has 0 spiro atoms. The minimum Gasteiger partial charge on any atom is -0.340 e. The summed E-state index contributed by atoms with van der Waals surface area (Å²) >= 11 is 0. The van der Waals surface area contributed by atoms with Gasteiger partial charge in [0.2, 0.25) is 5.82 Å². The molecule has 8 heteroatoms. The molecular formula is C17H16B2N6. The zero-order valence-corrected chi connectivity index (χ0v) is 14.2.